The summed E-state index contributed by atoms with van der Waals surface area (Å²) in [6.07, 6.45) is 1.44. The zero-order chi connectivity index (χ0) is 20.8. The smallest absolute Gasteiger partial charge is 0.266 e. The molecule has 0 saturated carbocycles. The fourth-order valence-electron chi connectivity index (χ4n) is 2.47. The fraction of sp³-hybridized carbons (Fsp3) is 0.273. The lowest BCUT2D eigenvalue weighted by Crippen LogP contribution is -2.14. The van der Waals surface area contributed by atoms with Crippen molar-refractivity contribution in [1.29, 1.82) is 5.26 Å². The Morgan fingerprint density at radius 2 is 2.00 bits per heavy atom. The minimum Gasteiger partial charge on any atom is -0.491 e. The van der Waals surface area contributed by atoms with Crippen LogP contribution in [0, 0.1) is 31.1 Å². The summed E-state index contributed by atoms with van der Waals surface area (Å²) in [5.74, 6) is 0.167. The lowest BCUT2D eigenvalue weighted by Gasteiger charge is -2.14. The Morgan fingerprint density at radius 3 is 2.64 bits per heavy atom. The van der Waals surface area contributed by atoms with Gasteiger partial charge < -0.3 is 10.1 Å². The van der Waals surface area contributed by atoms with E-state index in [0.717, 1.165) is 11.1 Å². The highest BCUT2D eigenvalue weighted by molar-refractivity contribution is 6.36. The van der Waals surface area contributed by atoms with Gasteiger partial charge in [0.2, 0.25) is 0 Å². The monoisotopic (exact) mass is 416 g/mol. The van der Waals surface area contributed by atoms with Gasteiger partial charge in [-0.15, -0.1) is 0 Å². The molecule has 0 fully saturated rings. The average molecular weight is 417 g/mol. The predicted molar refractivity (Wildman–Crippen MR) is 115 cm³/mol. The highest BCUT2D eigenvalue weighted by Gasteiger charge is 2.15. The molecule has 0 atom stereocenters. The highest BCUT2D eigenvalue weighted by Crippen LogP contribution is 2.34. The molecule has 2 aromatic carbocycles. The first-order chi connectivity index (χ1) is 13.2. The number of carbonyl (C=O) groups excluding carboxylic acids is 1. The number of halogens is 2. The summed E-state index contributed by atoms with van der Waals surface area (Å²) in [6.45, 7) is 8.34. The number of nitriles is 1. The van der Waals surface area contributed by atoms with E-state index in [-0.39, 0.29) is 11.5 Å². The number of aryl methyl sites for hydroxylation is 1. The molecule has 0 aliphatic carbocycles. The molecule has 0 heterocycles. The number of rotatable bonds is 6. The average Bonchev–Trinajstić information content (AvgIpc) is 2.62. The molecule has 28 heavy (non-hydrogen) atoms. The summed E-state index contributed by atoms with van der Waals surface area (Å²) >= 11 is 12.4. The summed E-state index contributed by atoms with van der Waals surface area (Å²) < 4.78 is 5.79. The van der Waals surface area contributed by atoms with Gasteiger partial charge in [-0.25, -0.2) is 0 Å². The Morgan fingerprint density at radius 1 is 1.29 bits per heavy atom. The maximum Gasteiger partial charge on any atom is 0.266 e. The van der Waals surface area contributed by atoms with Gasteiger partial charge in [0.05, 0.1) is 11.6 Å². The predicted octanol–water partition coefficient (Wildman–Crippen LogP) is 6.19. The second kappa shape index (κ2) is 9.64. The maximum absolute atomic E-state index is 12.7. The van der Waals surface area contributed by atoms with Crippen LogP contribution in [0.4, 0.5) is 5.69 Å². The van der Waals surface area contributed by atoms with Crippen molar-refractivity contribution in [2.75, 3.05) is 11.9 Å². The van der Waals surface area contributed by atoms with Crippen LogP contribution >= 0.6 is 23.2 Å². The molecule has 6 heteroatoms. The van der Waals surface area contributed by atoms with Crippen molar-refractivity contribution in [3.05, 3.63) is 62.6 Å². The molecule has 1 amide bonds. The molecule has 1 N–H and O–H groups in total. The number of benzene rings is 2. The zero-order valence-electron chi connectivity index (χ0n) is 16.3. The molecule has 2 rings (SSSR count). The number of nitrogens with zero attached hydrogens (tertiary/aromatic N) is 1. The highest BCUT2D eigenvalue weighted by atomic mass is 35.5. The van der Waals surface area contributed by atoms with Gasteiger partial charge in [-0.05, 0) is 55.2 Å². The first-order valence-corrected chi connectivity index (χ1v) is 9.59. The van der Waals surface area contributed by atoms with Gasteiger partial charge >= 0.3 is 0 Å². The van der Waals surface area contributed by atoms with Gasteiger partial charge in [-0.3, -0.25) is 4.79 Å². The van der Waals surface area contributed by atoms with E-state index in [9.17, 15) is 10.1 Å². The van der Waals surface area contributed by atoms with E-state index >= 15 is 0 Å². The third-order valence-corrected chi connectivity index (χ3v) is 4.61. The molecule has 2 aromatic rings. The van der Waals surface area contributed by atoms with Crippen molar-refractivity contribution in [2.24, 2.45) is 5.92 Å². The third-order valence-electron chi connectivity index (χ3n) is 4.12. The van der Waals surface area contributed by atoms with Gasteiger partial charge in [0.25, 0.3) is 5.91 Å². The first kappa shape index (κ1) is 21.8. The number of nitrogens with one attached hydrogen (secondary N) is 1. The standard InChI is InChI=1S/C22H22Cl2N2O2/c1-13(2)12-28-21-16(9-18(23)10-19(21)24)8-17(11-25)22(27)26-20-7-5-6-14(3)15(20)4/h5-10,13H,12H2,1-4H3,(H,26,27)/b17-8+. The summed E-state index contributed by atoms with van der Waals surface area (Å²) in [6, 6.07) is 10.7. The summed E-state index contributed by atoms with van der Waals surface area (Å²) in [4.78, 5) is 12.7. The van der Waals surface area contributed by atoms with Crippen LogP contribution < -0.4 is 10.1 Å². The van der Waals surface area contributed by atoms with Crippen molar-refractivity contribution in [1.82, 2.24) is 0 Å². The van der Waals surface area contributed by atoms with Crippen molar-refractivity contribution >= 4 is 40.9 Å². The van der Waals surface area contributed by atoms with Gasteiger partial charge in [0.1, 0.15) is 17.4 Å². The first-order valence-electron chi connectivity index (χ1n) is 8.84. The Hall–Kier alpha value is -2.48. The van der Waals surface area contributed by atoms with Crippen molar-refractivity contribution < 1.29 is 9.53 Å². The zero-order valence-corrected chi connectivity index (χ0v) is 17.8. The quantitative estimate of drug-likeness (QED) is 0.450. The van der Waals surface area contributed by atoms with E-state index in [1.165, 1.54) is 6.08 Å². The van der Waals surface area contributed by atoms with E-state index in [1.807, 2.05) is 45.9 Å². The molecule has 0 radical (unpaired) electrons. The third kappa shape index (κ3) is 5.51. The summed E-state index contributed by atoms with van der Waals surface area (Å²) in [5, 5.41) is 13.0. The lowest BCUT2D eigenvalue weighted by molar-refractivity contribution is -0.112. The largest absolute Gasteiger partial charge is 0.491 e. The number of ether oxygens (including phenoxy) is 1. The Labute approximate surface area is 175 Å². The van der Waals surface area contributed by atoms with Crippen LogP contribution in [0.3, 0.4) is 0 Å². The van der Waals surface area contributed by atoms with Crippen LogP contribution in [0.1, 0.15) is 30.5 Å². The van der Waals surface area contributed by atoms with Crippen molar-refractivity contribution in [3.8, 4) is 11.8 Å². The molecule has 146 valence electrons. The Kier molecular flexibility index (Phi) is 7.51. The molecule has 0 spiro atoms. The molecule has 0 saturated heterocycles. The number of hydrogen-bond donors (Lipinski definition) is 1. The number of anilines is 1. The molecule has 0 bridgehead atoms. The Balaban J connectivity index is 2.39. The van der Waals surface area contributed by atoms with Crippen molar-refractivity contribution in [2.45, 2.75) is 27.7 Å². The molecule has 0 aliphatic rings. The molecule has 4 nitrogen and oxygen atoms in total. The van der Waals surface area contributed by atoms with Gasteiger partial charge in [-0.2, -0.15) is 5.26 Å². The van der Waals surface area contributed by atoms with Crippen LogP contribution in [-0.4, -0.2) is 12.5 Å². The maximum atomic E-state index is 12.7. The van der Waals surface area contributed by atoms with Gasteiger partial charge in [0, 0.05) is 16.3 Å². The second-order valence-electron chi connectivity index (χ2n) is 6.88. The van der Waals surface area contributed by atoms with E-state index < -0.39 is 5.91 Å². The lowest BCUT2D eigenvalue weighted by atomic mass is 10.1. The summed E-state index contributed by atoms with van der Waals surface area (Å²) in [7, 11) is 0. The fourth-order valence-corrected chi connectivity index (χ4v) is 3.03. The number of carbonyl (C=O) groups is 1. The Bertz CT molecular complexity index is 960. The van der Waals surface area contributed by atoms with E-state index in [4.69, 9.17) is 27.9 Å². The van der Waals surface area contributed by atoms with Gasteiger partial charge in [0.15, 0.2) is 0 Å². The minimum atomic E-state index is -0.512. The van der Waals surface area contributed by atoms with Crippen LogP contribution in [0.15, 0.2) is 35.9 Å². The van der Waals surface area contributed by atoms with Gasteiger partial charge in [-0.1, -0.05) is 49.2 Å². The second-order valence-corrected chi connectivity index (χ2v) is 7.73. The van der Waals surface area contributed by atoms with Crippen LogP contribution in [0.2, 0.25) is 10.0 Å². The molecular weight excluding hydrogens is 395 g/mol. The van der Waals surface area contributed by atoms with E-state index in [1.54, 1.807) is 18.2 Å². The summed E-state index contributed by atoms with van der Waals surface area (Å²) in [5.41, 5.74) is 3.05. The SMILES string of the molecule is Cc1cccc(NC(=O)/C(C#N)=C/c2cc(Cl)cc(Cl)c2OCC(C)C)c1C. The molecule has 0 unspecified atom stereocenters. The van der Waals surface area contributed by atoms with E-state index in [0.29, 0.717) is 33.7 Å². The van der Waals surface area contributed by atoms with Crippen LogP contribution in [-0.2, 0) is 4.79 Å². The normalized spacial score (nSPS) is 11.3. The van der Waals surface area contributed by atoms with Crippen LogP contribution in [0.5, 0.6) is 5.75 Å². The molecular formula is C22H22Cl2N2O2. The topological polar surface area (TPSA) is 62.1 Å². The van der Waals surface area contributed by atoms with E-state index in [2.05, 4.69) is 5.32 Å². The van der Waals surface area contributed by atoms with Crippen molar-refractivity contribution in [3.63, 3.8) is 0 Å². The molecule has 0 aromatic heterocycles. The minimum absolute atomic E-state index is 0.0753. The number of amides is 1. The molecule has 0 aliphatic heterocycles. The van der Waals surface area contributed by atoms with Crippen LogP contribution in [0.25, 0.3) is 6.08 Å². The number of hydrogen-bond acceptors (Lipinski definition) is 3.